The molecule has 0 radical (unpaired) electrons. The molecule has 0 aromatic heterocycles. The van der Waals surface area contributed by atoms with Crippen molar-refractivity contribution in [2.24, 2.45) is 9.98 Å². The molecule has 1 N–H and O–H groups in total. The van der Waals surface area contributed by atoms with Crippen molar-refractivity contribution in [1.29, 1.82) is 0 Å². The van der Waals surface area contributed by atoms with E-state index in [2.05, 4.69) is 34.2 Å². The van der Waals surface area contributed by atoms with Crippen LogP contribution in [0.3, 0.4) is 0 Å². The summed E-state index contributed by atoms with van der Waals surface area (Å²) in [5.41, 5.74) is 4.97. The third-order valence-electron chi connectivity index (χ3n) is 3.28. The molecule has 5 heteroatoms. The van der Waals surface area contributed by atoms with Crippen LogP contribution in [0.4, 0.5) is 0 Å². The summed E-state index contributed by atoms with van der Waals surface area (Å²) in [5, 5.41) is 3.08. The second-order valence-corrected chi connectivity index (χ2v) is 5.94. The summed E-state index contributed by atoms with van der Waals surface area (Å²) < 4.78 is 5.82. The van der Waals surface area contributed by atoms with Crippen LogP contribution in [-0.4, -0.2) is 50.9 Å². The lowest BCUT2D eigenvalue weighted by Gasteiger charge is -2.13. The Labute approximate surface area is 164 Å². The zero-order valence-electron chi connectivity index (χ0n) is 17.5. The van der Waals surface area contributed by atoms with Crippen LogP contribution in [0.25, 0.3) is 0 Å². The van der Waals surface area contributed by atoms with Crippen molar-refractivity contribution in [3.8, 4) is 0 Å². The first-order valence-corrected chi connectivity index (χ1v) is 9.04. The van der Waals surface area contributed by atoms with Gasteiger partial charge in [-0.1, -0.05) is 30.9 Å². The van der Waals surface area contributed by atoms with E-state index in [4.69, 9.17) is 4.74 Å². The van der Waals surface area contributed by atoms with Gasteiger partial charge < -0.3 is 15.0 Å². The summed E-state index contributed by atoms with van der Waals surface area (Å²) in [6.45, 7) is 15.2. The fraction of sp³-hybridized carbons (Fsp3) is 0.409. The molecule has 0 aliphatic carbocycles. The van der Waals surface area contributed by atoms with Gasteiger partial charge in [-0.3, -0.25) is 0 Å². The fourth-order valence-electron chi connectivity index (χ4n) is 1.83. The lowest BCUT2D eigenvalue weighted by atomic mass is 10.2. The zero-order valence-corrected chi connectivity index (χ0v) is 17.5. The van der Waals surface area contributed by atoms with Gasteiger partial charge in [-0.25, -0.2) is 9.98 Å². The van der Waals surface area contributed by atoms with E-state index in [1.807, 2.05) is 59.2 Å². The zero-order chi connectivity index (χ0) is 20.5. The summed E-state index contributed by atoms with van der Waals surface area (Å²) in [6, 6.07) is 0. The number of rotatable bonds is 11. The van der Waals surface area contributed by atoms with Crippen LogP contribution in [0.1, 0.15) is 27.2 Å². The van der Waals surface area contributed by atoms with E-state index in [1.54, 1.807) is 17.3 Å². The van der Waals surface area contributed by atoms with Crippen LogP contribution in [0.2, 0.25) is 0 Å². The van der Waals surface area contributed by atoms with Crippen LogP contribution < -0.4 is 5.32 Å². The molecule has 5 nitrogen and oxygen atoms in total. The van der Waals surface area contributed by atoms with Crippen LogP contribution >= 0.6 is 0 Å². The maximum Gasteiger partial charge on any atom is 0.224 e. The number of guanidine groups is 1. The minimum atomic E-state index is 0.464. The standard InChI is InChI=1S/C22H34N4O/c1-8-11-12-20(9-2)18-25-22(26(7)10-3)24-15-16-27-21(13-14-23-6)17-19(4)5/h8,10-11,13,17-18,23H,2-3,12,14-16H2,1,4-7H3/b11-8?,21-13-,24-22-,25-18-. The monoisotopic (exact) mass is 370 g/mol. The molecule has 0 fully saturated rings. The van der Waals surface area contributed by atoms with Gasteiger partial charge in [-0.05, 0) is 52.6 Å². The van der Waals surface area contributed by atoms with Gasteiger partial charge in [0.2, 0.25) is 5.96 Å². The molecule has 0 bridgehead atoms. The second-order valence-electron chi connectivity index (χ2n) is 5.94. The normalized spacial score (nSPS) is 12.2. The Morgan fingerprint density at radius 3 is 2.63 bits per heavy atom. The molecule has 0 saturated heterocycles. The van der Waals surface area contributed by atoms with Gasteiger partial charge in [0, 0.05) is 25.4 Å². The number of aliphatic imine (C=N–C) groups is 2. The average Bonchev–Trinajstić information content (AvgIpc) is 2.66. The highest BCUT2D eigenvalue weighted by molar-refractivity contribution is 5.93. The van der Waals surface area contributed by atoms with E-state index < -0.39 is 0 Å². The smallest absolute Gasteiger partial charge is 0.224 e. The Balaban J connectivity index is 5.01. The van der Waals surface area contributed by atoms with Crippen molar-refractivity contribution in [1.82, 2.24) is 10.2 Å². The van der Waals surface area contributed by atoms with Crippen molar-refractivity contribution in [2.45, 2.75) is 27.2 Å². The number of ether oxygens (including phenoxy) is 1. The van der Waals surface area contributed by atoms with Crippen molar-refractivity contribution < 1.29 is 4.74 Å². The van der Waals surface area contributed by atoms with Gasteiger partial charge in [-0.15, -0.1) is 5.73 Å². The predicted octanol–water partition coefficient (Wildman–Crippen LogP) is 4.25. The summed E-state index contributed by atoms with van der Waals surface area (Å²) >= 11 is 0. The summed E-state index contributed by atoms with van der Waals surface area (Å²) in [5.74, 6) is 1.40. The minimum Gasteiger partial charge on any atom is -0.492 e. The number of hydrogen-bond donors (Lipinski definition) is 1. The third kappa shape index (κ3) is 12.4. The molecule has 148 valence electrons. The minimum absolute atomic E-state index is 0.464. The summed E-state index contributed by atoms with van der Waals surface area (Å²) in [4.78, 5) is 10.7. The molecule has 0 unspecified atom stereocenters. The lowest BCUT2D eigenvalue weighted by molar-refractivity contribution is 0.232. The maximum absolute atomic E-state index is 5.82. The lowest BCUT2D eigenvalue weighted by Crippen LogP contribution is -2.20. The first kappa shape index (κ1) is 24.4. The molecule has 0 aromatic carbocycles. The Morgan fingerprint density at radius 1 is 1.33 bits per heavy atom. The van der Waals surface area contributed by atoms with Crippen molar-refractivity contribution >= 4 is 12.2 Å². The van der Waals surface area contributed by atoms with Gasteiger partial charge in [0.15, 0.2) is 0 Å². The van der Waals surface area contributed by atoms with Crippen LogP contribution in [-0.2, 0) is 4.74 Å². The highest BCUT2D eigenvalue weighted by Crippen LogP contribution is 2.04. The van der Waals surface area contributed by atoms with Crippen LogP contribution in [0.5, 0.6) is 0 Å². The highest BCUT2D eigenvalue weighted by Gasteiger charge is 2.01. The first-order chi connectivity index (χ1) is 13.0. The number of allylic oxidation sites excluding steroid dienone is 5. The van der Waals surface area contributed by atoms with E-state index in [0.717, 1.165) is 24.3 Å². The average molecular weight is 371 g/mol. The van der Waals surface area contributed by atoms with Gasteiger partial charge in [0.25, 0.3) is 0 Å². The number of likely N-dealkylation sites (N-methyl/N-ethyl adjacent to an activating group) is 1. The largest absolute Gasteiger partial charge is 0.492 e. The quantitative estimate of drug-likeness (QED) is 0.112. The summed E-state index contributed by atoms with van der Waals surface area (Å²) in [7, 11) is 3.76. The number of nitrogens with one attached hydrogen (secondary N) is 1. The summed E-state index contributed by atoms with van der Waals surface area (Å²) in [6.07, 6.45) is 12.2. The molecule has 0 aromatic rings. The number of hydrogen-bond acceptors (Lipinski definition) is 3. The molecule has 0 atom stereocenters. The molecule has 0 amide bonds. The topological polar surface area (TPSA) is 49.2 Å². The Bertz CT molecular complexity index is 643. The molecule has 27 heavy (non-hydrogen) atoms. The Hall–Kier alpha value is -2.62. The Kier molecular flexibility index (Phi) is 14.1. The van der Waals surface area contributed by atoms with E-state index in [-0.39, 0.29) is 0 Å². The second kappa shape index (κ2) is 15.6. The first-order valence-electron chi connectivity index (χ1n) is 9.04. The van der Waals surface area contributed by atoms with Gasteiger partial charge in [-0.2, -0.15) is 0 Å². The molecule has 0 aliphatic rings. The molecular formula is C22H34N4O. The van der Waals surface area contributed by atoms with E-state index in [9.17, 15) is 0 Å². The van der Waals surface area contributed by atoms with Gasteiger partial charge >= 0.3 is 0 Å². The van der Waals surface area contributed by atoms with E-state index in [0.29, 0.717) is 19.1 Å². The fourth-order valence-corrected chi connectivity index (χ4v) is 1.83. The number of nitrogens with zero attached hydrogens (tertiary/aromatic N) is 3. The van der Waals surface area contributed by atoms with Crippen LogP contribution in [0, 0.1) is 0 Å². The van der Waals surface area contributed by atoms with Crippen molar-refractivity contribution in [3.05, 3.63) is 66.3 Å². The predicted molar refractivity (Wildman–Crippen MR) is 118 cm³/mol. The Morgan fingerprint density at radius 2 is 2.07 bits per heavy atom. The van der Waals surface area contributed by atoms with Gasteiger partial charge in [0.1, 0.15) is 12.4 Å². The molecule has 0 saturated carbocycles. The van der Waals surface area contributed by atoms with E-state index >= 15 is 0 Å². The maximum atomic E-state index is 5.82. The highest BCUT2D eigenvalue weighted by atomic mass is 16.5. The van der Waals surface area contributed by atoms with Gasteiger partial charge in [0.05, 0.1) is 6.54 Å². The molecule has 0 aliphatic heterocycles. The van der Waals surface area contributed by atoms with Crippen molar-refractivity contribution in [3.63, 3.8) is 0 Å². The van der Waals surface area contributed by atoms with E-state index in [1.165, 1.54) is 5.57 Å². The SMILES string of the molecule is C=C=C(/C=N\C(=N\CCO/C(C=C(C)C)=C\CNC)N(C)C=C)CC=CC. The third-order valence-corrected chi connectivity index (χ3v) is 3.28. The molecule has 0 rings (SSSR count). The molecule has 0 spiro atoms. The van der Waals surface area contributed by atoms with Crippen LogP contribution in [0.15, 0.2) is 76.3 Å². The van der Waals surface area contributed by atoms with Crippen molar-refractivity contribution in [2.75, 3.05) is 33.8 Å². The molecular weight excluding hydrogens is 336 g/mol. The molecule has 0 heterocycles.